The number of benzene rings is 1. The number of thiophene rings is 1. The molecule has 3 aromatic rings. The van der Waals surface area contributed by atoms with Gasteiger partial charge < -0.3 is 0 Å². The van der Waals surface area contributed by atoms with Crippen molar-refractivity contribution in [2.24, 2.45) is 0 Å². The first-order chi connectivity index (χ1) is 12.2. The predicted molar refractivity (Wildman–Crippen MR) is 106 cm³/mol. The Kier molecular flexibility index (Phi) is 5.06. The molecule has 1 aliphatic rings. The number of pyridine rings is 1. The summed E-state index contributed by atoms with van der Waals surface area (Å²) in [6, 6.07) is 12.2. The van der Waals surface area contributed by atoms with Gasteiger partial charge >= 0.3 is 0 Å². The van der Waals surface area contributed by atoms with E-state index >= 15 is 0 Å². The van der Waals surface area contributed by atoms with Crippen LogP contribution in [-0.2, 0) is 6.42 Å². The zero-order chi connectivity index (χ0) is 17.2. The summed E-state index contributed by atoms with van der Waals surface area (Å²) in [6.45, 7) is 4.36. The monoisotopic (exact) mass is 372 g/mol. The predicted octanol–water partition coefficient (Wildman–Crippen LogP) is 5.14. The lowest BCUT2D eigenvalue weighted by Crippen LogP contribution is -2.22. The Morgan fingerprint density at radius 3 is 2.92 bits per heavy atom. The smallest absolute Gasteiger partial charge is 0.216 e. The molecule has 2 nitrogen and oxygen atoms in total. The summed E-state index contributed by atoms with van der Waals surface area (Å²) in [5.41, 5.74) is 1.96. The number of thioether (sulfide) groups is 1. The third-order valence-electron chi connectivity index (χ3n) is 4.88. The molecule has 0 bridgehead atoms. The molecule has 3 heterocycles. The van der Waals surface area contributed by atoms with Crippen LogP contribution >= 0.6 is 23.1 Å². The van der Waals surface area contributed by atoms with Gasteiger partial charge in [0.15, 0.2) is 0 Å². The first-order valence-electron chi connectivity index (χ1n) is 8.65. The Labute approximate surface area is 156 Å². The van der Waals surface area contributed by atoms with Crippen LogP contribution in [0.15, 0.2) is 42.6 Å². The maximum absolute atomic E-state index is 14.3. The summed E-state index contributed by atoms with van der Waals surface area (Å²) in [6.07, 6.45) is 2.55. The molecular formula is C20H21FN2S2. The Morgan fingerprint density at radius 1 is 1.24 bits per heavy atom. The van der Waals surface area contributed by atoms with E-state index in [0.29, 0.717) is 5.56 Å². The fraction of sp³-hybridized carbons (Fsp3) is 0.350. The van der Waals surface area contributed by atoms with Gasteiger partial charge in [-0.3, -0.25) is 4.90 Å². The average molecular weight is 373 g/mol. The molecule has 0 unspecified atom stereocenters. The minimum atomic E-state index is -0.354. The number of hydrogen-bond acceptors (Lipinski definition) is 4. The Bertz CT molecular complexity index is 871. The van der Waals surface area contributed by atoms with Crippen LogP contribution in [0.5, 0.6) is 0 Å². The second-order valence-corrected chi connectivity index (χ2v) is 8.66. The molecule has 0 N–H and O–H groups in total. The van der Waals surface area contributed by atoms with Gasteiger partial charge in [-0.2, -0.15) is 4.39 Å². The van der Waals surface area contributed by atoms with Crippen LogP contribution in [-0.4, -0.2) is 34.6 Å². The molecule has 4 rings (SSSR count). The lowest BCUT2D eigenvalue weighted by molar-refractivity contribution is 0.361. The van der Waals surface area contributed by atoms with E-state index in [9.17, 15) is 4.39 Å². The standard InChI is InChI=1S/C20H21FN2S2/c1-14(15-6-4-9-22-20(15)21)19-16-5-2-3-7-17(16)25-18(19)8-10-23-11-12-24-13-23/h2-7,9,14H,8,10-13H2,1H3/t14-/m0/s1. The van der Waals surface area contributed by atoms with Crippen LogP contribution in [0, 0.1) is 5.95 Å². The molecule has 0 saturated carbocycles. The van der Waals surface area contributed by atoms with Crippen molar-refractivity contribution in [1.29, 1.82) is 0 Å². The minimum absolute atomic E-state index is 0.00723. The summed E-state index contributed by atoms with van der Waals surface area (Å²) in [5, 5.41) is 1.26. The Balaban J connectivity index is 1.72. The highest BCUT2D eigenvalue weighted by Gasteiger charge is 2.22. The van der Waals surface area contributed by atoms with E-state index < -0.39 is 0 Å². The highest BCUT2D eigenvalue weighted by molar-refractivity contribution is 7.99. The average Bonchev–Trinajstić information content (AvgIpc) is 3.27. The van der Waals surface area contributed by atoms with Gasteiger partial charge in [-0.15, -0.1) is 23.1 Å². The van der Waals surface area contributed by atoms with Crippen LogP contribution < -0.4 is 0 Å². The third kappa shape index (κ3) is 3.46. The molecule has 1 aliphatic heterocycles. The van der Waals surface area contributed by atoms with E-state index in [1.54, 1.807) is 0 Å². The molecule has 25 heavy (non-hydrogen) atoms. The fourth-order valence-electron chi connectivity index (χ4n) is 3.54. The Morgan fingerprint density at radius 2 is 2.12 bits per heavy atom. The molecule has 5 heteroatoms. The molecule has 0 spiro atoms. The van der Waals surface area contributed by atoms with E-state index in [2.05, 4.69) is 41.1 Å². The van der Waals surface area contributed by atoms with Gasteiger partial charge in [-0.1, -0.05) is 31.2 Å². The van der Waals surface area contributed by atoms with E-state index in [0.717, 1.165) is 18.8 Å². The zero-order valence-corrected chi connectivity index (χ0v) is 15.9. The van der Waals surface area contributed by atoms with E-state index in [4.69, 9.17) is 0 Å². The van der Waals surface area contributed by atoms with Gasteiger partial charge in [0, 0.05) is 52.0 Å². The number of rotatable bonds is 5. The summed E-state index contributed by atoms with van der Waals surface area (Å²) in [4.78, 5) is 7.75. The Hall–Kier alpha value is -1.43. The van der Waals surface area contributed by atoms with Crippen molar-refractivity contribution in [2.75, 3.05) is 24.7 Å². The molecule has 130 valence electrons. The van der Waals surface area contributed by atoms with Gasteiger partial charge in [0.25, 0.3) is 0 Å². The SMILES string of the molecule is C[C@@H](c1cccnc1F)c1c(CCN2CCSC2)sc2ccccc12. The number of nitrogens with zero attached hydrogens (tertiary/aromatic N) is 2. The second kappa shape index (κ2) is 7.44. The summed E-state index contributed by atoms with van der Waals surface area (Å²) >= 11 is 3.86. The first kappa shape index (κ1) is 17.0. The molecular weight excluding hydrogens is 351 g/mol. The highest BCUT2D eigenvalue weighted by atomic mass is 32.2. The minimum Gasteiger partial charge on any atom is -0.293 e. The van der Waals surface area contributed by atoms with E-state index in [-0.39, 0.29) is 11.9 Å². The van der Waals surface area contributed by atoms with Crippen molar-refractivity contribution in [3.8, 4) is 0 Å². The molecule has 1 atom stereocenters. The molecule has 0 radical (unpaired) electrons. The zero-order valence-electron chi connectivity index (χ0n) is 14.2. The largest absolute Gasteiger partial charge is 0.293 e. The first-order valence-corrected chi connectivity index (χ1v) is 10.6. The highest BCUT2D eigenvalue weighted by Crippen LogP contribution is 2.39. The summed E-state index contributed by atoms with van der Waals surface area (Å²) in [5.74, 6) is 2.02. The lowest BCUT2D eigenvalue weighted by Gasteiger charge is -2.17. The third-order valence-corrected chi connectivity index (χ3v) is 7.14. The van der Waals surface area contributed by atoms with Gasteiger partial charge in [0.1, 0.15) is 0 Å². The van der Waals surface area contributed by atoms with E-state index in [1.165, 1.54) is 39.0 Å². The van der Waals surface area contributed by atoms with Crippen LogP contribution in [0.25, 0.3) is 10.1 Å². The van der Waals surface area contributed by atoms with Gasteiger partial charge in [-0.25, -0.2) is 4.98 Å². The quantitative estimate of drug-likeness (QED) is 0.577. The number of hydrogen-bond donors (Lipinski definition) is 0. The molecule has 0 amide bonds. The van der Waals surface area contributed by atoms with Crippen molar-refractivity contribution < 1.29 is 4.39 Å². The van der Waals surface area contributed by atoms with Crippen LogP contribution in [0.3, 0.4) is 0 Å². The summed E-state index contributed by atoms with van der Waals surface area (Å²) < 4.78 is 15.6. The maximum atomic E-state index is 14.3. The lowest BCUT2D eigenvalue weighted by atomic mass is 9.91. The van der Waals surface area contributed by atoms with Gasteiger partial charge in [0.05, 0.1) is 0 Å². The second-order valence-electron chi connectivity index (χ2n) is 6.45. The van der Waals surface area contributed by atoms with Crippen molar-refractivity contribution in [2.45, 2.75) is 19.3 Å². The van der Waals surface area contributed by atoms with Crippen molar-refractivity contribution in [1.82, 2.24) is 9.88 Å². The molecule has 1 fully saturated rings. The van der Waals surface area contributed by atoms with Crippen molar-refractivity contribution >= 4 is 33.2 Å². The number of halogens is 1. The van der Waals surface area contributed by atoms with Gasteiger partial charge in [0.2, 0.25) is 5.95 Å². The molecule has 1 aromatic carbocycles. The van der Waals surface area contributed by atoms with E-state index in [1.807, 2.05) is 35.2 Å². The number of aromatic nitrogens is 1. The normalized spacial score (nSPS) is 16.6. The van der Waals surface area contributed by atoms with Crippen molar-refractivity contribution in [3.63, 3.8) is 0 Å². The van der Waals surface area contributed by atoms with Crippen LogP contribution in [0.1, 0.15) is 28.8 Å². The van der Waals surface area contributed by atoms with Crippen LogP contribution in [0.4, 0.5) is 4.39 Å². The molecule has 1 saturated heterocycles. The topological polar surface area (TPSA) is 16.1 Å². The summed E-state index contributed by atoms with van der Waals surface area (Å²) in [7, 11) is 0. The fourth-order valence-corrected chi connectivity index (χ4v) is 5.86. The van der Waals surface area contributed by atoms with Crippen LogP contribution in [0.2, 0.25) is 0 Å². The van der Waals surface area contributed by atoms with Crippen molar-refractivity contribution in [3.05, 3.63) is 64.5 Å². The van der Waals surface area contributed by atoms with Gasteiger partial charge in [-0.05, 0) is 29.5 Å². The molecule has 0 aliphatic carbocycles. The molecule has 2 aromatic heterocycles. The maximum Gasteiger partial charge on any atom is 0.216 e. The number of fused-ring (bicyclic) bond motifs is 1.